The van der Waals surface area contributed by atoms with Crippen LogP contribution in [0.25, 0.3) is 10.8 Å². The number of nitrogens with zero attached hydrogens (tertiary/aromatic N) is 5. The number of rotatable bonds is 9. The van der Waals surface area contributed by atoms with Gasteiger partial charge in [-0.25, -0.2) is 0 Å². The highest BCUT2D eigenvalue weighted by Gasteiger charge is 2.17. The van der Waals surface area contributed by atoms with Crippen LogP contribution in [-0.2, 0) is 12.8 Å². The van der Waals surface area contributed by atoms with E-state index >= 15 is 0 Å². The lowest BCUT2D eigenvalue weighted by molar-refractivity contribution is -0.383. The molecule has 0 saturated carbocycles. The van der Waals surface area contributed by atoms with Gasteiger partial charge in [0.05, 0.1) is 10.3 Å². The highest BCUT2D eigenvalue weighted by Crippen LogP contribution is 2.29. The minimum Gasteiger partial charge on any atom is -0.304 e. The standard InChI is InChI=1S/C26H39N5O2/c1-27-12-16-29(17-13-27)10-4-7-22-20-24-6-3-9-26(31(32)33)25(24)21-23(22)8-5-11-30-18-14-28(2)15-19-30/h3,6,9,20-21H,4-5,7-8,10-19H2,1-2H3. The zero-order chi connectivity index (χ0) is 23.2. The van der Waals surface area contributed by atoms with Crippen molar-refractivity contribution in [1.29, 1.82) is 0 Å². The maximum atomic E-state index is 11.6. The highest BCUT2D eigenvalue weighted by atomic mass is 16.6. The van der Waals surface area contributed by atoms with Gasteiger partial charge in [-0.3, -0.25) is 10.1 Å². The molecule has 0 amide bonds. The molecule has 2 aromatic carbocycles. The Morgan fingerprint density at radius 2 is 1.30 bits per heavy atom. The number of hydrogen-bond donors (Lipinski definition) is 0. The number of benzene rings is 2. The van der Waals surface area contributed by atoms with E-state index in [1.165, 1.54) is 11.1 Å². The van der Waals surface area contributed by atoms with Gasteiger partial charge in [0, 0.05) is 58.4 Å². The second-order valence-corrected chi connectivity index (χ2v) is 9.87. The molecule has 0 aromatic heterocycles. The van der Waals surface area contributed by atoms with Crippen molar-refractivity contribution in [2.75, 3.05) is 79.5 Å². The average Bonchev–Trinajstić information content (AvgIpc) is 2.81. The lowest BCUT2D eigenvalue weighted by atomic mass is 9.94. The van der Waals surface area contributed by atoms with Crippen LogP contribution in [0.5, 0.6) is 0 Å². The molecule has 2 saturated heterocycles. The maximum Gasteiger partial charge on any atom is 0.277 e. The Morgan fingerprint density at radius 1 is 0.788 bits per heavy atom. The first-order valence-corrected chi connectivity index (χ1v) is 12.5. The second-order valence-electron chi connectivity index (χ2n) is 9.87. The molecule has 2 fully saturated rings. The summed E-state index contributed by atoms with van der Waals surface area (Å²) < 4.78 is 0. The monoisotopic (exact) mass is 453 g/mol. The van der Waals surface area contributed by atoms with Crippen LogP contribution in [0.2, 0.25) is 0 Å². The van der Waals surface area contributed by atoms with E-state index in [4.69, 9.17) is 0 Å². The molecule has 0 atom stereocenters. The molecule has 7 heteroatoms. The number of piperazine rings is 2. The van der Waals surface area contributed by atoms with Gasteiger partial charge in [-0.2, -0.15) is 0 Å². The molecule has 2 aliphatic rings. The molecule has 33 heavy (non-hydrogen) atoms. The number of fused-ring (bicyclic) bond motifs is 1. The van der Waals surface area contributed by atoms with E-state index < -0.39 is 0 Å². The molecule has 0 unspecified atom stereocenters. The zero-order valence-corrected chi connectivity index (χ0v) is 20.3. The van der Waals surface area contributed by atoms with Crippen LogP contribution >= 0.6 is 0 Å². The first kappa shape index (κ1) is 24.1. The summed E-state index contributed by atoms with van der Waals surface area (Å²) >= 11 is 0. The predicted molar refractivity (Wildman–Crippen MR) is 135 cm³/mol. The Morgan fingerprint density at radius 3 is 1.82 bits per heavy atom. The van der Waals surface area contributed by atoms with E-state index in [-0.39, 0.29) is 10.6 Å². The number of hydrogen-bond acceptors (Lipinski definition) is 6. The topological polar surface area (TPSA) is 56.1 Å². The summed E-state index contributed by atoms with van der Waals surface area (Å²) in [5.41, 5.74) is 2.89. The molecule has 0 radical (unpaired) electrons. The molecular weight excluding hydrogens is 414 g/mol. The van der Waals surface area contributed by atoms with Gasteiger partial charge in [0.25, 0.3) is 5.69 Å². The maximum absolute atomic E-state index is 11.6. The van der Waals surface area contributed by atoms with E-state index in [1.54, 1.807) is 6.07 Å². The van der Waals surface area contributed by atoms with Crippen molar-refractivity contribution in [3.05, 3.63) is 51.6 Å². The van der Waals surface area contributed by atoms with Gasteiger partial charge < -0.3 is 19.6 Å². The van der Waals surface area contributed by atoms with Gasteiger partial charge in [0.1, 0.15) is 0 Å². The third-order valence-electron chi connectivity index (χ3n) is 7.41. The Kier molecular flexibility index (Phi) is 8.30. The fourth-order valence-electron chi connectivity index (χ4n) is 5.15. The van der Waals surface area contributed by atoms with E-state index in [2.05, 4.69) is 45.8 Å². The summed E-state index contributed by atoms with van der Waals surface area (Å²) in [6.07, 6.45) is 4.25. The number of non-ortho nitro benzene ring substituents is 1. The van der Waals surface area contributed by atoms with E-state index in [9.17, 15) is 10.1 Å². The van der Waals surface area contributed by atoms with Gasteiger partial charge in [0.2, 0.25) is 0 Å². The second kappa shape index (κ2) is 11.4. The first-order valence-electron chi connectivity index (χ1n) is 12.5. The summed E-state index contributed by atoms with van der Waals surface area (Å²) in [5.74, 6) is 0. The van der Waals surface area contributed by atoms with Crippen LogP contribution in [0.3, 0.4) is 0 Å². The van der Waals surface area contributed by atoms with Crippen LogP contribution in [0, 0.1) is 10.1 Å². The molecule has 0 spiro atoms. The molecule has 0 aliphatic carbocycles. The highest BCUT2D eigenvalue weighted by molar-refractivity contribution is 5.92. The number of likely N-dealkylation sites (N-methyl/N-ethyl adjacent to an activating group) is 2. The summed E-state index contributed by atoms with van der Waals surface area (Å²) in [4.78, 5) is 21.3. The lowest BCUT2D eigenvalue weighted by Crippen LogP contribution is -2.44. The third-order valence-corrected chi connectivity index (χ3v) is 7.41. The summed E-state index contributed by atoms with van der Waals surface area (Å²) in [5, 5.41) is 13.4. The van der Waals surface area contributed by atoms with E-state index in [0.29, 0.717) is 0 Å². The normalized spacial score (nSPS) is 19.3. The molecular formula is C26H39N5O2. The number of nitro groups is 1. The Balaban J connectivity index is 1.45. The molecule has 180 valence electrons. The van der Waals surface area contributed by atoms with Crippen molar-refractivity contribution in [3.8, 4) is 0 Å². The van der Waals surface area contributed by atoms with Crippen molar-refractivity contribution >= 4 is 16.5 Å². The zero-order valence-electron chi connectivity index (χ0n) is 20.3. The van der Waals surface area contributed by atoms with Crippen molar-refractivity contribution in [1.82, 2.24) is 19.6 Å². The van der Waals surface area contributed by atoms with Gasteiger partial charge in [-0.1, -0.05) is 18.2 Å². The summed E-state index contributed by atoms with van der Waals surface area (Å²) in [7, 11) is 4.38. The summed E-state index contributed by atoms with van der Waals surface area (Å²) in [6, 6.07) is 9.78. The summed E-state index contributed by atoms with van der Waals surface area (Å²) in [6.45, 7) is 11.4. The molecule has 7 nitrogen and oxygen atoms in total. The van der Waals surface area contributed by atoms with Crippen LogP contribution in [0.15, 0.2) is 30.3 Å². The Hall–Kier alpha value is -2.06. The van der Waals surface area contributed by atoms with Crippen molar-refractivity contribution in [3.63, 3.8) is 0 Å². The average molecular weight is 454 g/mol. The van der Waals surface area contributed by atoms with Gasteiger partial charge >= 0.3 is 0 Å². The fraction of sp³-hybridized carbons (Fsp3) is 0.615. The van der Waals surface area contributed by atoms with Crippen molar-refractivity contribution in [2.45, 2.75) is 25.7 Å². The van der Waals surface area contributed by atoms with Crippen molar-refractivity contribution in [2.24, 2.45) is 0 Å². The van der Waals surface area contributed by atoms with Gasteiger partial charge in [-0.15, -0.1) is 0 Å². The van der Waals surface area contributed by atoms with E-state index in [0.717, 1.165) is 102 Å². The third kappa shape index (κ3) is 6.51. The fourth-order valence-corrected chi connectivity index (χ4v) is 5.15. The van der Waals surface area contributed by atoms with Gasteiger partial charge in [-0.05, 0) is 75.4 Å². The Bertz CT molecular complexity index is 934. The molecule has 2 heterocycles. The molecule has 0 N–H and O–H groups in total. The van der Waals surface area contributed by atoms with Crippen LogP contribution < -0.4 is 0 Å². The Labute approximate surface area is 198 Å². The predicted octanol–water partition coefficient (Wildman–Crippen LogP) is 3.11. The number of aryl methyl sites for hydroxylation is 2. The first-order chi connectivity index (χ1) is 16.0. The number of nitro benzene ring substituents is 1. The molecule has 2 aliphatic heterocycles. The van der Waals surface area contributed by atoms with Crippen LogP contribution in [0.4, 0.5) is 5.69 Å². The lowest BCUT2D eigenvalue weighted by Gasteiger charge is -2.32. The van der Waals surface area contributed by atoms with E-state index in [1.807, 2.05) is 12.1 Å². The smallest absolute Gasteiger partial charge is 0.277 e. The quantitative estimate of drug-likeness (QED) is 0.430. The van der Waals surface area contributed by atoms with Crippen LogP contribution in [-0.4, -0.2) is 104 Å². The largest absolute Gasteiger partial charge is 0.304 e. The minimum atomic E-state index is -0.247. The molecule has 4 rings (SSSR count). The van der Waals surface area contributed by atoms with Crippen LogP contribution in [0.1, 0.15) is 24.0 Å². The van der Waals surface area contributed by atoms with Crippen molar-refractivity contribution < 1.29 is 4.92 Å². The SMILES string of the molecule is CN1CCN(CCCc2cc3cccc([N+](=O)[O-])c3cc2CCCN2CCN(C)CC2)CC1. The molecule has 2 aromatic rings. The van der Waals surface area contributed by atoms with Gasteiger partial charge in [0.15, 0.2) is 0 Å². The molecule has 0 bridgehead atoms. The minimum absolute atomic E-state index is 0.219.